The number of hydrogen-bond donors (Lipinski definition) is 2. The van der Waals surface area contributed by atoms with Gasteiger partial charge in [0.2, 0.25) is 5.79 Å². The third kappa shape index (κ3) is 6.71. The molecule has 2 fully saturated rings. The number of nitrogens with two attached hydrogens (primary N) is 1. The Bertz CT molecular complexity index is 1540. The number of halogens is 2. The molecule has 43 heavy (non-hydrogen) atoms. The molecule has 11 nitrogen and oxygen atoms in total. The monoisotopic (exact) mass is 624 g/mol. The van der Waals surface area contributed by atoms with Gasteiger partial charge in [0.05, 0.1) is 17.7 Å². The quantitative estimate of drug-likeness (QED) is 0.276. The number of ether oxygens (including phenoxy) is 4. The van der Waals surface area contributed by atoms with Crippen LogP contribution in [0.2, 0.25) is 10.0 Å². The van der Waals surface area contributed by atoms with Crippen molar-refractivity contribution < 1.29 is 23.7 Å². The summed E-state index contributed by atoms with van der Waals surface area (Å²) in [7, 11) is 0. The summed E-state index contributed by atoms with van der Waals surface area (Å²) < 4.78 is 25.4. The van der Waals surface area contributed by atoms with Crippen molar-refractivity contribution >= 4 is 35.0 Å². The number of amides is 1. The number of benzene rings is 3. The lowest BCUT2D eigenvalue weighted by Gasteiger charge is -2.38. The Morgan fingerprint density at radius 3 is 2.60 bits per heavy atom. The van der Waals surface area contributed by atoms with Gasteiger partial charge in [-0.1, -0.05) is 41.4 Å². The fraction of sp³-hybridized carbons (Fsp3) is 0.300. The first-order chi connectivity index (χ1) is 20.9. The van der Waals surface area contributed by atoms with E-state index in [9.17, 15) is 4.79 Å². The molecule has 3 atom stereocenters. The van der Waals surface area contributed by atoms with Crippen molar-refractivity contribution in [2.45, 2.75) is 24.5 Å². The van der Waals surface area contributed by atoms with Crippen LogP contribution in [0.1, 0.15) is 17.2 Å². The zero-order valence-electron chi connectivity index (χ0n) is 23.1. The Hall–Kier alpha value is -3.87. The normalized spacial score (nSPS) is 22.0. The molecule has 2 aliphatic heterocycles. The molecule has 3 unspecified atom stereocenters. The van der Waals surface area contributed by atoms with Gasteiger partial charge in [-0.15, -0.1) is 0 Å². The van der Waals surface area contributed by atoms with E-state index in [1.54, 1.807) is 41.3 Å². The van der Waals surface area contributed by atoms with E-state index in [4.69, 9.17) is 47.9 Å². The second kappa shape index (κ2) is 12.8. The van der Waals surface area contributed by atoms with Crippen LogP contribution in [-0.4, -0.2) is 59.8 Å². The number of nitrogens with one attached hydrogen (secondary N) is 1. The number of primary amides is 1. The minimum atomic E-state index is -1.17. The summed E-state index contributed by atoms with van der Waals surface area (Å²) in [5.41, 5.74) is 7.95. The van der Waals surface area contributed by atoms with Crippen LogP contribution in [0.25, 0.3) is 0 Å². The maximum atomic E-state index is 11.1. The Morgan fingerprint density at radius 2 is 1.88 bits per heavy atom. The highest BCUT2D eigenvalue weighted by molar-refractivity contribution is 6.35. The van der Waals surface area contributed by atoms with Crippen molar-refractivity contribution in [2.24, 2.45) is 5.73 Å². The summed E-state index contributed by atoms with van der Waals surface area (Å²) in [6, 6.07) is 20.7. The number of carbonyl (C=O) groups is 1. The maximum absolute atomic E-state index is 11.1. The predicted octanol–water partition coefficient (Wildman–Crippen LogP) is 4.54. The van der Waals surface area contributed by atoms with E-state index in [2.05, 4.69) is 32.4 Å². The van der Waals surface area contributed by atoms with Crippen molar-refractivity contribution in [3.05, 3.63) is 101 Å². The van der Waals surface area contributed by atoms with Gasteiger partial charge in [-0.3, -0.25) is 0 Å². The van der Waals surface area contributed by atoms with Crippen LogP contribution in [-0.2, 0) is 21.8 Å². The second-order valence-electron chi connectivity index (χ2n) is 10.2. The Labute approximate surface area is 258 Å². The summed E-state index contributed by atoms with van der Waals surface area (Å²) in [6.07, 6.45) is 1.87. The average Bonchev–Trinajstić information content (AvgIpc) is 3.67. The van der Waals surface area contributed by atoms with Gasteiger partial charge in [-0.2, -0.15) is 5.10 Å². The molecular formula is C30H30Cl2N6O5. The number of aromatic nitrogens is 3. The lowest BCUT2D eigenvalue weighted by molar-refractivity contribution is -0.190. The van der Waals surface area contributed by atoms with E-state index in [-0.39, 0.29) is 25.3 Å². The Morgan fingerprint density at radius 1 is 1.09 bits per heavy atom. The lowest BCUT2D eigenvalue weighted by Crippen LogP contribution is -2.46. The van der Waals surface area contributed by atoms with E-state index in [0.29, 0.717) is 33.7 Å². The van der Waals surface area contributed by atoms with E-state index in [0.717, 1.165) is 30.9 Å². The molecular weight excluding hydrogens is 595 g/mol. The van der Waals surface area contributed by atoms with Gasteiger partial charge < -0.3 is 34.9 Å². The standard InChI is InChI=1S/C30H30Cl2N6O5/c31-21-3-10-26(27(32)13-21)30(17-37-19-35-18-36-37)41-16-25(43-30)15-40-23-6-1-20(2-7-23)28-14-34-11-12-38(28)22-4-8-24(9-5-22)42-29(33)39/h1-10,13,18-19,25,28,34H,11-12,14-17H2,(H2,33,39). The lowest BCUT2D eigenvalue weighted by atomic mass is 10.0. The fourth-order valence-corrected chi connectivity index (χ4v) is 5.94. The number of nitrogens with zero attached hydrogens (tertiary/aromatic N) is 4. The highest BCUT2D eigenvalue weighted by Gasteiger charge is 2.45. The van der Waals surface area contributed by atoms with Crippen LogP contribution in [0.5, 0.6) is 11.5 Å². The zero-order chi connectivity index (χ0) is 29.8. The van der Waals surface area contributed by atoms with Gasteiger partial charge in [0.15, 0.2) is 0 Å². The highest BCUT2D eigenvalue weighted by Crippen LogP contribution is 2.40. The number of hydrogen-bond acceptors (Lipinski definition) is 9. The molecule has 13 heteroatoms. The summed E-state index contributed by atoms with van der Waals surface area (Å²) in [4.78, 5) is 17.4. The molecule has 224 valence electrons. The average molecular weight is 626 g/mol. The molecule has 0 spiro atoms. The smallest absolute Gasteiger partial charge is 0.409 e. The minimum Gasteiger partial charge on any atom is -0.491 e. The number of rotatable bonds is 9. The molecule has 0 aliphatic carbocycles. The van der Waals surface area contributed by atoms with Crippen LogP contribution < -0.4 is 25.4 Å². The van der Waals surface area contributed by atoms with Crippen LogP contribution in [0.4, 0.5) is 10.5 Å². The zero-order valence-corrected chi connectivity index (χ0v) is 24.6. The van der Waals surface area contributed by atoms with Crippen molar-refractivity contribution in [1.29, 1.82) is 0 Å². The van der Waals surface area contributed by atoms with E-state index >= 15 is 0 Å². The highest BCUT2D eigenvalue weighted by atomic mass is 35.5. The number of carbonyl (C=O) groups excluding carboxylic acids is 1. The predicted molar refractivity (Wildman–Crippen MR) is 161 cm³/mol. The molecule has 2 aliphatic rings. The second-order valence-corrected chi connectivity index (χ2v) is 11.1. The molecule has 3 N–H and O–H groups in total. The largest absolute Gasteiger partial charge is 0.491 e. The third-order valence-corrected chi connectivity index (χ3v) is 7.92. The fourth-order valence-electron chi connectivity index (χ4n) is 5.39. The van der Waals surface area contributed by atoms with Crippen molar-refractivity contribution in [3.8, 4) is 11.5 Å². The molecule has 6 rings (SSSR count). The van der Waals surface area contributed by atoms with Crippen molar-refractivity contribution in [2.75, 3.05) is 37.7 Å². The summed E-state index contributed by atoms with van der Waals surface area (Å²) >= 11 is 12.7. The summed E-state index contributed by atoms with van der Waals surface area (Å²) in [5.74, 6) is -0.0450. The van der Waals surface area contributed by atoms with Crippen LogP contribution >= 0.6 is 23.2 Å². The van der Waals surface area contributed by atoms with Gasteiger partial charge >= 0.3 is 6.09 Å². The molecule has 0 saturated carbocycles. The van der Waals surface area contributed by atoms with Crippen LogP contribution in [0, 0.1) is 0 Å². The summed E-state index contributed by atoms with van der Waals surface area (Å²) in [5, 5.41) is 8.65. The van der Waals surface area contributed by atoms with Crippen molar-refractivity contribution in [3.63, 3.8) is 0 Å². The molecule has 1 aromatic heterocycles. The van der Waals surface area contributed by atoms with Gasteiger partial charge in [0.25, 0.3) is 0 Å². The molecule has 4 aromatic rings. The molecule has 2 saturated heterocycles. The van der Waals surface area contributed by atoms with Gasteiger partial charge in [-0.05, 0) is 54.1 Å². The number of piperazine rings is 1. The topological polar surface area (TPSA) is 126 Å². The van der Waals surface area contributed by atoms with E-state index in [1.807, 2.05) is 24.3 Å². The molecule has 3 aromatic carbocycles. The van der Waals surface area contributed by atoms with Crippen LogP contribution in [0.3, 0.4) is 0 Å². The first kappa shape index (κ1) is 29.2. The third-order valence-electron chi connectivity index (χ3n) is 7.37. The Balaban J connectivity index is 1.11. The van der Waals surface area contributed by atoms with E-state index < -0.39 is 11.9 Å². The first-order valence-electron chi connectivity index (χ1n) is 13.8. The van der Waals surface area contributed by atoms with E-state index in [1.165, 1.54) is 6.33 Å². The van der Waals surface area contributed by atoms with Gasteiger partial charge in [0, 0.05) is 35.9 Å². The van der Waals surface area contributed by atoms with Gasteiger partial charge in [0.1, 0.15) is 43.4 Å². The first-order valence-corrected chi connectivity index (χ1v) is 14.5. The number of anilines is 1. The minimum absolute atomic E-state index is 0.110. The molecule has 1 amide bonds. The molecule has 0 bridgehead atoms. The molecule has 3 heterocycles. The molecule has 0 radical (unpaired) electrons. The Kier molecular flexibility index (Phi) is 8.68. The van der Waals surface area contributed by atoms with Gasteiger partial charge in [-0.25, -0.2) is 14.5 Å². The maximum Gasteiger partial charge on any atom is 0.409 e. The van der Waals surface area contributed by atoms with Crippen LogP contribution in [0.15, 0.2) is 79.4 Å². The summed E-state index contributed by atoms with van der Waals surface area (Å²) in [6.45, 7) is 3.31. The SMILES string of the molecule is NC(=O)Oc1ccc(N2CCNCC2c2ccc(OCC3COC(Cn4cncn4)(c4ccc(Cl)cc4Cl)O3)cc2)cc1. The van der Waals surface area contributed by atoms with Crippen molar-refractivity contribution in [1.82, 2.24) is 20.1 Å².